The van der Waals surface area contributed by atoms with Crippen LogP contribution in [0.2, 0.25) is 10.0 Å². The van der Waals surface area contributed by atoms with Crippen LogP contribution < -0.4 is 10.2 Å². The molecule has 3 N–H and O–H groups in total. The zero-order chi connectivity index (χ0) is 24.3. The number of halogens is 2. The van der Waals surface area contributed by atoms with Crippen LogP contribution in [0.1, 0.15) is 6.42 Å². The highest BCUT2D eigenvalue weighted by Crippen LogP contribution is 2.33. The molecule has 2 aromatic rings. The number of carbonyl (C=O) groups excluding carboxylic acids is 2. The molecule has 2 aliphatic heterocycles. The summed E-state index contributed by atoms with van der Waals surface area (Å²) >= 11 is 12.0. The molecule has 2 amide bonds. The van der Waals surface area contributed by atoms with Crippen molar-refractivity contribution in [3.8, 4) is 5.75 Å². The summed E-state index contributed by atoms with van der Waals surface area (Å²) in [7, 11) is 0. The Hall–Kier alpha value is -2.52. The molecule has 0 aromatic heterocycles. The molecule has 2 saturated heterocycles. The number of hydrogen-bond acceptors (Lipinski definition) is 6. The molecule has 0 spiro atoms. The summed E-state index contributed by atoms with van der Waals surface area (Å²) in [6.07, 6.45) is 0.441. The first-order valence-electron chi connectivity index (χ1n) is 11.2. The van der Waals surface area contributed by atoms with Gasteiger partial charge >= 0.3 is 0 Å². The van der Waals surface area contributed by atoms with E-state index in [4.69, 9.17) is 23.2 Å². The van der Waals surface area contributed by atoms with Crippen LogP contribution in [-0.4, -0.2) is 84.2 Å². The van der Waals surface area contributed by atoms with Crippen LogP contribution in [0.5, 0.6) is 5.75 Å². The van der Waals surface area contributed by atoms with Gasteiger partial charge in [-0.15, -0.1) is 0 Å². The largest absolute Gasteiger partial charge is 0.506 e. The van der Waals surface area contributed by atoms with Crippen LogP contribution in [-0.2, 0) is 9.59 Å². The van der Waals surface area contributed by atoms with E-state index in [0.29, 0.717) is 36.8 Å². The van der Waals surface area contributed by atoms with E-state index in [-0.39, 0.29) is 42.3 Å². The highest BCUT2D eigenvalue weighted by molar-refractivity contribution is 6.32. The first-order chi connectivity index (χ1) is 16.3. The Kier molecular flexibility index (Phi) is 7.52. The van der Waals surface area contributed by atoms with E-state index < -0.39 is 5.41 Å². The predicted molar refractivity (Wildman–Crippen MR) is 133 cm³/mol. The van der Waals surface area contributed by atoms with Gasteiger partial charge < -0.3 is 25.3 Å². The van der Waals surface area contributed by atoms with E-state index in [9.17, 15) is 19.8 Å². The second-order valence-corrected chi connectivity index (χ2v) is 9.71. The molecule has 1 atom stereocenters. The number of nitrogens with zero attached hydrogens (tertiary/aromatic N) is 3. The molecule has 0 radical (unpaired) electrons. The normalized spacial score (nSPS) is 21.0. The Morgan fingerprint density at radius 1 is 1.03 bits per heavy atom. The van der Waals surface area contributed by atoms with E-state index in [1.807, 2.05) is 34.1 Å². The Labute approximate surface area is 208 Å². The van der Waals surface area contributed by atoms with Crippen molar-refractivity contribution in [1.29, 1.82) is 0 Å². The van der Waals surface area contributed by atoms with Crippen LogP contribution in [0, 0.1) is 5.41 Å². The molecule has 10 heteroatoms. The number of aliphatic hydroxyl groups is 1. The maximum absolute atomic E-state index is 13.0. The zero-order valence-corrected chi connectivity index (χ0v) is 20.2. The van der Waals surface area contributed by atoms with Gasteiger partial charge in [-0.25, -0.2) is 0 Å². The molecule has 8 nitrogen and oxygen atoms in total. The van der Waals surface area contributed by atoms with Gasteiger partial charge in [0.2, 0.25) is 11.8 Å². The number of aliphatic hydroxyl groups excluding tert-OH is 1. The van der Waals surface area contributed by atoms with E-state index >= 15 is 0 Å². The van der Waals surface area contributed by atoms with Gasteiger partial charge in [-0.1, -0.05) is 29.3 Å². The lowest BCUT2D eigenvalue weighted by atomic mass is 9.87. The van der Waals surface area contributed by atoms with Gasteiger partial charge in [0.15, 0.2) is 0 Å². The van der Waals surface area contributed by atoms with Crippen LogP contribution in [0.4, 0.5) is 11.4 Å². The number of nitrogens with one attached hydrogen (secondary N) is 1. The SMILES string of the molecule is O=C(CN1CCC(CO)(C(=O)Nc2ccc(O)c(Cl)c2)C1)N1CCN(c2cccc(Cl)c2)CC1. The summed E-state index contributed by atoms with van der Waals surface area (Å²) in [5.74, 6) is -0.387. The molecule has 0 bridgehead atoms. The summed E-state index contributed by atoms with van der Waals surface area (Å²) in [6.45, 7) is 3.39. The first-order valence-corrected chi connectivity index (χ1v) is 12.0. The summed E-state index contributed by atoms with van der Waals surface area (Å²) in [4.78, 5) is 31.9. The number of anilines is 2. The fourth-order valence-electron chi connectivity index (χ4n) is 4.51. The van der Waals surface area contributed by atoms with Gasteiger partial charge in [0, 0.05) is 49.1 Å². The maximum atomic E-state index is 13.0. The monoisotopic (exact) mass is 506 g/mol. The molecule has 4 rings (SSSR count). The average Bonchev–Trinajstić information content (AvgIpc) is 3.26. The summed E-state index contributed by atoms with van der Waals surface area (Å²) in [6, 6.07) is 12.1. The van der Waals surface area contributed by atoms with Gasteiger partial charge in [-0.05, 0) is 49.4 Å². The van der Waals surface area contributed by atoms with Gasteiger partial charge in [0.1, 0.15) is 5.75 Å². The molecule has 2 fully saturated rings. The van der Waals surface area contributed by atoms with Crippen molar-refractivity contribution in [3.05, 3.63) is 52.5 Å². The third-order valence-corrected chi connectivity index (χ3v) is 7.13. The molecular weight excluding hydrogens is 479 g/mol. The Morgan fingerprint density at radius 2 is 1.79 bits per heavy atom. The Morgan fingerprint density at radius 3 is 2.47 bits per heavy atom. The second kappa shape index (κ2) is 10.4. The number of benzene rings is 2. The number of aromatic hydroxyl groups is 1. The minimum Gasteiger partial charge on any atom is -0.506 e. The number of likely N-dealkylation sites (tertiary alicyclic amines) is 1. The van der Waals surface area contributed by atoms with E-state index in [0.717, 1.165) is 18.8 Å². The fraction of sp³-hybridized carbons (Fsp3) is 0.417. The number of phenols is 1. The summed E-state index contributed by atoms with van der Waals surface area (Å²) < 4.78 is 0. The third kappa shape index (κ3) is 5.41. The van der Waals surface area contributed by atoms with Crippen molar-refractivity contribution in [2.45, 2.75) is 6.42 Å². The molecule has 2 aliphatic rings. The minimum absolute atomic E-state index is 0.0187. The van der Waals surface area contributed by atoms with E-state index in [2.05, 4.69) is 10.2 Å². The van der Waals surface area contributed by atoms with Crippen molar-refractivity contribution < 1.29 is 19.8 Å². The third-order valence-electron chi connectivity index (χ3n) is 6.59. The van der Waals surface area contributed by atoms with Crippen molar-refractivity contribution in [2.75, 3.05) is 62.6 Å². The number of carbonyl (C=O) groups is 2. The molecule has 2 aromatic carbocycles. The smallest absolute Gasteiger partial charge is 0.236 e. The molecule has 182 valence electrons. The molecule has 0 saturated carbocycles. The predicted octanol–water partition coefficient (Wildman–Crippen LogP) is 2.67. The van der Waals surface area contributed by atoms with Crippen LogP contribution >= 0.6 is 23.2 Å². The topological polar surface area (TPSA) is 96.3 Å². The second-order valence-electron chi connectivity index (χ2n) is 8.87. The Bertz CT molecular complexity index is 1060. The average molecular weight is 507 g/mol. The van der Waals surface area contributed by atoms with Crippen LogP contribution in [0.3, 0.4) is 0 Å². The first kappa shape index (κ1) is 24.6. The lowest BCUT2D eigenvalue weighted by Gasteiger charge is -2.37. The van der Waals surface area contributed by atoms with E-state index in [1.165, 1.54) is 12.1 Å². The molecule has 1 unspecified atom stereocenters. The number of rotatable bonds is 6. The van der Waals surface area contributed by atoms with Gasteiger partial charge in [0.25, 0.3) is 0 Å². The molecule has 2 heterocycles. The van der Waals surface area contributed by atoms with E-state index in [1.54, 1.807) is 6.07 Å². The van der Waals surface area contributed by atoms with Crippen molar-refractivity contribution >= 4 is 46.4 Å². The zero-order valence-electron chi connectivity index (χ0n) is 18.7. The number of hydrogen-bond donors (Lipinski definition) is 3. The van der Waals surface area contributed by atoms with Crippen LogP contribution in [0.25, 0.3) is 0 Å². The lowest BCUT2D eigenvalue weighted by Crippen LogP contribution is -2.51. The van der Waals surface area contributed by atoms with Crippen molar-refractivity contribution in [2.24, 2.45) is 5.41 Å². The molecule has 34 heavy (non-hydrogen) atoms. The van der Waals surface area contributed by atoms with Crippen molar-refractivity contribution in [1.82, 2.24) is 9.80 Å². The standard InChI is InChI=1S/C24H28Cl2N4O4/c25-17-2-1-3-19(12-17)29-8-10-30(11-9-29)22(33)14-28-7-6-24(15-28,16-31)23(34)27-18-4-5-21(32)20(26)13-18/h1-5,12-13,31-32H,6-11,14-16H2,(H,27,34). The fourth-order valence-corrected chi connectivity index (χ4v) is 4.87. The number of amides is 2. The lowest BCUT2D eigenvalue weighted by molar-refractivity contribution is -0.133. The molecular formula is C24H28Cl2N4O4. The summed E-state index contributed by atoms with van der Waals surface area (Å²) in [5.41, 5.74) is 0.483. The summed E-state index contributed by atoms with van der Waals surface area (Å²) in [5, 5.41) is 23.2. The van der Waals surface area contributed by atoms with Crippen molar-refractivity contribution in [3.63, 3.8) is 0 Å². The highest BCUT2D eigenvalue weighted by Gasteiger charge is 2.45. The maximum Gasteiger partial charge on any atom is 0.236 e. The van der Waals surface area contributed by atoms with Gasteiger partial charge in [-0.2, -0.15) is 0 Å². The minimum atomic E-state index is -1.00. The number of piperazine rings is 1. The Balaban J connectivity index is 1.30. The van der Waals surface area contributed by atoms with Gasteiger partial charge in [-0.3, -0.25) is 14.5 Å². The van der Waals surface area contributed by atoms with Gasteiger partial charge in [0.05, 0.1) is 23.6 Å². The highest BCUT2D eigenvalue weighted by atomic mass is 35.5. The quantitative estimate of drug-likeness (QED) is 0.521. The van der Waals surface area contributed by atoms with Crippen LogP contribution in [0.15, 0.2) is 42.5 Å². The number of phenolic OH excluding ortho intramolecular Hbond substituents is 1. The molecule has 0 aliphatic carbocycles.